The van der Waals surface area contributed by atoms with E-state index in [4.69, 9.17) is 14.6 Å². The minimum atomic E-state index is -0.859. The number of rotatable bonds is 6. The van der Waals surface area contributed by atoms with Crippen LogP contribution in [0.25, 0.3) is 0 Å². The number of carboxylic acids is 1. The summed E-state index contributed by atoms with van der Waals surface area (Å²) >= 11 is 0. The third-order valence-corrected chi connectivity index (χ3v) is 9.00. The summed E-state index contributed by atoms with van der Waals surface area (Å²) in [6, 6.07) is 6.26. The summed E-state index contributed by atoms with van der Waals surface area (Å²) < 4.78 is 26.9. The van der Waals surface area contributed by atoms with Crippen molar-refractivity contribution < 1.29 is 33.4 Å². The van der Waals surface area contributed by atoms with Gasteiger partial charge in [-0.2, -0.15) is 0 Å². The first kappa shape index (κ1) is 25.8. The van der Waals surface area contributed by atoms with E-state index in [-0.39, 0.29) is 47.6 Å². The Morgan fingerprint density at radius 1 is 1.10 bits per heavy atom. The van der Waals surface area contributed by atoms with Gasteiger partial charge >= 0.3 is 5.97 Å². The lowest BCUT2D eigenvalue weighted by Gasteiger charge is -2.43. The van der Waals surface area contributed by atoms with E-state index >= 15 is 4.39 Å². The van der Waals surface area contributed by atoms with Crippen molar-refractivity contribution in [1.29, 1.82) is 0 Å². The predicted octanol–water partition coefficient (Wildman–Crippen LogP) is 4.56. The van der Waals surface area contributed by atoms with E-state index in [1.807, 2.05) is 26.0 Å². The van der Waals surface area contributed by atoms with Crippen LogP contribution in [0.4, 0.5) is 4.39 Å². The van der Waals surface area contributed by atoms with Crippen molar-refractivity contribution in [3.63, 3.8) is 0 Å². The van der Waals surface area contributed by atoms with E-state index in [1.165, 1.54) is 6.07 Å². The molecule has 1 fully saturated rings. The molecule has 4 aliphatic rings. The molecule has 1 N–H and O–H groups in total. The SMILES string of the molecule is CC1(C)CCc2cc(CC(=O)[C@H]3c4ccc5c(c4CCN3C(=O)C3CC(CC(=O)O)C3)OCCO5)cc(F)c21. The fourth-order valence-electron chi connectivity index (χ4n) is 7.06. The molecule has 0 aromatic heterocycles. The maximum Gasteiger partial charge on any atom is 0.303 e. The van der Waals surface area contributed by atoms with Gasteiger partial charge in [-0.25, -0.2) is 4.39 Å². The van der Waals surface area contributed by atoms with Crippen LogP contribution in [-0.2, 0) is 39.1 Å². The zero-order valence-electron chi connectivity index (χ0n) is 22.4. The Hall–Kier alpha value is -3.42. The molecule has 2 heterocycles. The van der Waals surface area contributed by atoms with Crippen LogP contribution in [0, 0.1) is 17.7 Å². The van der Waals surface area contributed by atoms with Crippen LogP contribution >= 0.6 is 0 Å². The van der Waals surface area contributed by atoms with Gasteiger partial charge in [0, 0.05) is 30.9 Å². The fraction of sp³-hybridized carbons (Fsp3) is 0.516. The van der Waals surface area contributed by atoms with Gasteiger partial charge < -0.3 is 19.5 Å². The molecule has 0 bridgehead atoms. The van der Waals surface area contributed by atoms with Gasteiger partial charge in [0.05, 0.1) is 0 Å². The molecule has 2 aromatic rings. The van der Waals surface area contributed by atoms with Crippen LogP contribution < -0.4 is 9.47 Å². The van der Waals surface area contributed by atoms with E-state index in [9.17, 15) is 14.4 Å². The van der Waals surface area contributed by atoms with Crippen LogP contribution in [0.2, 0.25) is 0 Å². The quantitative estimate of drug-likeness (QED) is 0.583. The zero-order valence-corrected chi connectivity index (χ0v) is 22.4. The molecule has 0 unspecified atom stereocenters. The summed E-state index contributed by atoms with van der Waals surface area (Å²) in [5.74, 6) is -0.432. The van der Waals surface area contributed by atoms with Crippen molar-refractivity contribution in [2.24, 2.45) is 11.8 Å². The highest BCUT2D eigenvalue weighted by atomic mass is 19.1. The van der Waals surface area contributed by atoms with Crippen molar-refractivity contribution in [1.82, 2.24) is 4.90 Å². The number of benzene rings is 2. The van der Waals surface area contributed by atoms with Crippen LogP contribution in [0.3, 0.4) is 0 Å². The second kappa shape index (κ2) is 9.65. The Kier molecular flexibility index (Phi) is 6.39. The van der Waals surface area contributed by atoms with E-state index in [1.54, 1.807) is 11.0 Å². The lowest BCUT2D eigenvalue weighted by molar-refractivity contribution is -0.149. The Bertz CT molecular complexity index is 1360. The summed E-state index contributed by atoms with van der Waals surface area (Å²) in [6.07, 6.45) is 3.28. The molecule has 2 aromatic carbocycles. The topological polar surface area (TPSA) is 93.1 Å². The Balaban J connectivity index is 1.31. The van der Waals surface area contributed by atoms with Gasteiger partial charge in [0.2, 0.25) is 5.91 Å². The largest absolute Gasteiger partial charge is 0.486 e. The van der Waals surface area contributed by atoms with Gasteiger partial charge in [0.25, 0.3) is 0 Å². The van der Waals surface area contributed by atoms with Crippen molar-refractivity contribution in [2.45, 2.75) is 70.3 Å². The average Bonchev–Trinajstić information content (AvgIpc) is 3.18. The highest BCUT2D eigenvalue weighted by Crippen LogP contribution is 2.46. The maximum absolute atomic E-state index is 15.2. The molecule has 0 saturated heterocycles. The minimum Gasteiger partial charge on any atom is -0.486 e. The second-order valence-electron chi connectivity index (χ2n) is 12.1. The van der Waals surface area contributed by atoms with Crippen LogP contribution in [-0.4, -0.2) is 47.4 Å². The van der Waals surface area contributed by atoms with Crippen molar-refractivity contribution in [3.05, 3.63) is 57.9 Å². The number of carbonyl (C=O) groups is 3. The van der Waals surface area contributed by atoms with E-state index in [0.717, 1.165) is 35.1 Å². The minimum absolute atomic E-state index is 0.0132. The summed E-state index contributed by atoms with van der Waals surface area (Å²) in [4.78, 5) is 40.4. The number of ether oxygens (including phenoxy) is 2. The molecule has 2 aliphatic carbocycles. The Labute approximate surface area is 227 Å². The van der Waals surface area contributed by atoms with Gasteiger partial charge in [-0.1, -0.05) is 26.0 Å². The van der Waals surface area contributed by atoms with Gasteiger partial charge in [-0.3, -0.25) is 14.4 Å². The fourth-order valence-corrected chi connectivity index (χ4v) is 7.06. The molecule has 206 valence electrons. The number of aryl methyl sites for hydroxylation is 1. The maximum atomic E-state index is 15.2. The standard InChI is InChI=1S/C31H34FNO6/c1-31(2)7-5-19-11-18(14-23(32)27(19)31)15-24(34)28-21-3-4-25-29(39-10-9-38-25)22(21)6-8-33(28)30(37)20-12-17(13-20)16-26(35)36/h3-4,11,14,17,20,28H,5-10,12-13,15-16H2,1-2H3,(H,35,36)/t17?,20?,28-/m1/s1. The van der Waals surface area contributed by atoms with Crippen molar-refractivity contribution >= 4 is 17.7 Å². The highest BCUT2D eigenvalue weighted by Gasteiger charge is 2.44. The number of carboxylic acid groups (broad SMARTS) is 1. The summed E-state index contributed by atoms with van der Waals surface area (Å²) in [6.45, 7) is 5.32. The number of hydrogen-bond acceptors (Lipinski definition) is 5. The van der Waals surface area contributed by atoms with Crippen molar-refractivity contribution in [2.75, 3.05) is 19.8 Å². The smallest absolute Gasteiger partial charge is 0.303 e. The first-order valence-electron chi connectivity index (χ1n) is 13.9. The molecule has 0 spiro atoms. The van der Waals surface area contributed by atoms with E-state index < -0.39 is 12.0 Å². The van der Waals surface area contributed by atoms with Crippen LogP contribution in [0.1, 0.15) is 73.4 Å². The van der Waals surface area contributed by atoms with Gasteiger partial charge in [0.1, 0.15) is 25.1 Å². The number of aliphatic carboxylic acids is 1. The number of hydrogen-bond donors (Lipinski definition) is 1. The summed E-state index contributed by atoms with van der Waals surface area (Å²) in [7, 11) is 0. The molecule has 0 radical (unpaired) electrons. The molecular weight excluding hydrogens is 501 g/mol. The van der Waals surface area contributed by atoms with Crippen LogP contribution in [0.15, 0.2) is 24.3 Å². The number of fused-ring (bicyclic) bond motifs is 4. The molecule has 1 amide bonds. The Morgan fingerprint density at radius 3 is 2.64 bits per heavy atom. The molecule has 1 atom stereocenters. The molecule has 7 nitrogen and oxygen atoms in total. The molecular formula is C31H34FNO6. The number of halogens is 1. The summed E-state index contributed by atoms with van der Waals surface area (Å²) in [5, 5.41) is 9.10. The molecule has 39 heavy (non-hydrogen) atoms. The predicted molar refractivity (Wildman–Crippen MR) is 141 cm³/mol. The van der Waals surface area contributed by atoms with Gasteiger partial charge in [0.15, 0.2) is 17.3 Å². The van der Waals surface area contributed by atoms with Gasteiger partial charge in [-0.05, 0) is 77.8 Å². The number of ketones is 1. The normalized spacial score (nSPS) is 24.4. The number of amides is 1. The van der Waals surface area contributed by atoms with E-state index in [2.05, 4.69) is 0 Å². The molecule has 6 rings (SSSR count). The molecule has 1 saturated carbocycles. The highest BCUT2D eigenvalue weighted by molar-refractivity contribution is 5.93. The first-order valence-corrected chi connectivity index (χ1v) is 13.9. The molecule has 8 heteroatoms. The average molecular weight is 536 g/mol. The summed E-state index contributed by atoms with van der Waals surface area (Å²) in [5.41, 5.74) is 3.70. The first-order chi connectivity index (χ1) is 18.6. The number of nitrogens with zero attached hydrogens (tertiary/aromatic N) is 1. The molecule has 2 aliphatic heterocycles. The zero-order chi connectivity index (χ0) is 27.5. The lowest BCUT2D eigenvalue weighted by Crippen LogP contribution is -2.49. The second-order valence-corrected chi connectivity index (χ2v) is 12.1. The lowest BCUT2D eigenvalue weighted by atomic mass is 9.72. The third kappa shape index (κ3) is 4.57. The third-order valence-electron chi connectivity index (χ3n) is 9.00. The monoisotopic (exact) mass is 535 g/mol. The van der Waals surface area contributed by atoms with Gasteiger partial charge in [-0.15, -0.1) is 0 Å². The number of carbonyl (C=O) groups excluding carboxylic acids is 2. The van der Waals surface area contributed by atoms with Crippen molar-refractivity contribution in [3.8, 4) is 11.5 Å². The number of Topliss-reactive ketones (excluding diaryl/α,β-unsaturated/α-hetero) is 1. The Morgan fingerprint density at radius 2 is 1.87 bits per heavy atom. The van der Waals surface area contributed by atoms with Crippen LogP contribution in [0.5, 0.6) is 11.5 Å². The van der Waals surface area contributed by atoms with E-state index in [0.29, 0.717) is 56.1 Å².